The van der Waals surface area contributed by atoms with Gasteiger partial charge in [-0.1, -0.05) is 12.8 Å². The maximum atomic E-state index is 13.0. The van der Waals surface area contributed by atoms with Crippen LogP contribution < -0.4 is 0 Å². The van der Waals surface area contributed by atoms with Gasteiger partial charge in [-0.05, 0) is 44.2 Å². The Morgan fingerprint density at radius 1 is 1.35 bits per heavy atom. The zero-order valence-electron chi connectivity index (χ0n) is 14.7. The lowest BCUT2D eigenvalue weighted by Crippen LogP contribution is -2.47. The number of rotatable bonds is 4. The number of likely N-dealkylation sites (tertiary alicyclic amines) is 1. The molecule has 2 aromatic heterocycles. The van der Waals surface area contributed by atoms with Crippen molar-refractivity contribution in [2.45, 2.75) is 57.5 Å². The molecule has 2 aliphatic rings. The van der Waals surface area contributed by atoms with Crippen LogP contribution in [0.3, 0.4) is 0 Å². The van der Waals surface area contributed by atoms with E-state index in [1.54, 1.807) is 24.0 Å². The summed E-state index contributed by atoms with van der Waals surface area (Å²) in [4.78, 5) is 30.7. The second-order valence-corrected chi connectivity index (χ2v) is 7.18. The smallest absolute Gasteiger partial charge is 0.326 e. The highest BCUT2D eigenvalue weighted by Gasteiger charge is 2.47. The first kappa shape index (κ1) is 16.9. The minimum atomic E-state index is -0.916. The highest BCUT2D eigenvalue weighted by atomic mass is 16.4. The van der Waals surface area contributed by atoms with E-state index in [1.165, 1.54) is 6.26 Å². The molecule has 7 nitrogen and oxygen atoms in total. The van der Waals surface area contributed by atoms with Crippen LogP contribution in [0, 0.1) is 12.8 Å². The minimum absolute atomic E-state index is 0.0362. The molecule has 1 aliphatic carbocycles. The lowest BCUT2D eigenvalue weighted by atomic mass is 9.84. The molecule has 0 bridgehead atoms. The summed E-state index contributed by atoms with van der Waals surface area (Å²) in [5.74, 6) is 0.586. The van der Waals surface area contributed by atoms with Crippen molar-refractivity contribution in [1.29, 1.82) is 0 Å². The van der Waals surface area contributed by atoms with Gasteiger partial charge in [-0.25, -0.2) is 9.78 Å². The molecular formula is C19H22N2O5. The number of aliphatic carboxylic acids is 1. The van der Waals surface area contributed by atoms with E-state index in [1.807, 2.05) is 0 Å². The highest BCUT2D eigenvalue weighted by Crippen LogP contribution is 2.40. The Balaban J connectivity index is 1.56. The Bertz CT molecular complexity index is 810. The van der Waals surface area contributed by atoms with E-state index in [9.17, 15) is 14.7 Å². The Morgan fingerprint density at radius 3 is 2.88 bits per heavy atom. The topological polar surface area (TPSA) is 96.8 Å². The third kappa shape index (κ3) is 2.91. The van der Waals surface area contributed by atoms with Crippen molar-refractivity contribution in [2.75, 3.05) is 0 Å². The largest absolute Gasteiger partial charge is 0.480 e. The van der Waals surface area contributed by atoms with Crippen LogP contribution in [0.5, 0.6) is 0 Å². The molecule has 1 amide bonds. The van der Waals surface area contributed by atoms with E-state index >= 15 is 0 Å². The van der Waals surface area contributed by atoms with Gasteiger partial charge >= 0.3 is 5.97 Å². The maximum absolute atomic E-state index is 13.0. The molecule has 7 heteroatoms. The molecule has 2 aromatic rings. The van der Waals surface area contributed by atoms with Crippen molar-refractivity contribution < 1.29 is 23.5 Å². The molecule has 0 radical (unpaired) electrons. The van der Waals surface area contributed by atoms with Crippen LogP contribution in [0.2, 0.25) is 0 Å². The van der Waals surface area contributed by atoms with Crippen LogP contribution in [0.15, 0.2) is 27.2 Å². The molecule has 3 unspecified atom stereocenters. The van der Waals surface area contributed by atoms with Crippen molar-refractivity contribution in [1.82, 2.24) is 9.88 Å². The number of carboxylic acids is 1. The lowest BCUT2D eigenvalue weighted by Gasteiger charge is -2.33. The normalized spacial score (nSPS) is 25.3. The summed E-state index contributed by atoms with van der Waals surface area (Å²) in [7, 11) is 0. The van der Waals surface area contributed by atoms with Gasteiger partial charge < -0.3 is 18.8 Å². The van der Waals surface area contributed by atoms with Gasteiger partial charge in [0.15, 0.2) is 5.76 Å². The first-order chi connectivity index (χ1) is 12.5. The van der Waals surface area contributed by atoms with E-state index in [-0.39, 0.29) is 18.4 Å². The summed E-state index contributed by atoms with van der Waals surface area (Å²) in [5, 5.41) is 9.59. The average molecular weight is 358 g/mol. The lowest BCUT2D eigenvalue weighted by molar-refractivity contribution is -0.149. The Hall–Kier alpha value is -2.57. The monoisotopic (exact) mass is 358 g/mol. The summed E-state index contributed by atoms with van der Waals surface area (Å²) in [6.07, 6.45) is 6.18. The van der Waals surface area contributed by atoms with Crippen LogP contribution in [-0.4, -0.2) is 39.0 Å². The average Bonchev–Trinajstić information content (AvgIpc) is 3.33. The number of aromatic nitrogens is 1. The molecule has 2 fully saturated rings. The number of oxazole rings is 1. The molecule has 138 valence electrons. The van der Waals surface area contributed by atoms with Gasteiger partial charge in [-0.15, -0.1) is 0 Å². The van der Waals surface area contributed by atoms with Crippen molar-refractivity contribution in [3.8, 4) is 11.7 Å². The number of carbonyl (C=O) groups excluding carboxylic acids is 1. The van der Waals surface area contributed by atoms with E-state index in [0.717, 1.165) is 25.7 Å². The van der Waals surface area contributed by atoms with Crippen molar-refractivity contribution in [3.05, 3.63) is 29.9 Å². The third-order valence-corrected chi connectivity index (χ3v) is 5.60. The number of aryl methyl sites for hydroxylation is 1. The summed E-state index contributed by atoms with van der Waals surface area (Å²) in [5.41, 5.74) is 0.532. The standard InChI is InChI=1S/C19H22N2O5/c1-11-13(20-18(26-11)16-7-4-8-25-16)10-17(22)21-14-6-3-2-5-12(14)9-15(21)19(23)24/h4,7-8,12,14-15H,2-3,5-6,9-10H2,1H3,(H,23,24). The molecular weight excluding hydrogens is 336 g/mol. The fourth-order valence-corrected chi connectivity index (χ4v) is 4.37. The number of amides is 1. The van der Waals surface area contributed by atoms with Gasteiger partial charge in [-0.2, -0.15) is 0 Å². The summed E-state index contributed by atoms with van der Waals surface area (Å²) >= 11 is 0. The van der Waals surface area contributed by atoms with E-state index < -0.39 is 12.0 Å². The number of hydrogen-bond donors (Lipinski definition) is 1. The Kier molecular flexibility index (Phi) is 4.30. The second-order valence-electron chi connectivity index (χ2n) is 7.18. The number of carbonyl (C=O) groups is 2. The fourth-order valence-electron chi connectivity index (χ4n) is 4.37. The van der Waals surface area contributed by atoms with Crippen LogP contribution >= 0.6 is 0 Å². The predicted octanol–water partition coefficient (Wildman–Crippen LogP) is 3.03. The van der Waals surface area contributed by atoms with Crippen LogP contribution in [-0.2, 0) is 16.0 Å². The molecule has 1 aliphatic heterocycles. The fraction of sp³-hybridized carbons (Fsp3) is 0.526. The number of furan rings is 1. The van der Waals surface area contributed by atoms with Crippen LogP contribution in [0.4, 0.5) is 0 Å². The van der Waals surface area contributed by atoms with Gasteiger partial charge in [0.2, 0.25) is 5.91 Å². The van der Waals surface area contributed by atoms with Crippen molar-refractivity contribution >= 4 is 11.9 Å². The number of fused-ring (bicyclic) bond motifs is 1. The molecule has 1 N–H and O–H groups in total. The molecule has 0 spiro atoms. The first-order valence-corrected chi connectivity index (χ1v) is 9.08. The van der Waals surface area contributed by atoms with E-state index in [4.69, 9.17) is 8.83 Å². The number of hydrogen-bond acceptors (Lipinski definition) is 5. The second kappa shape index (κ2) is 6.63. The van der Waals surface area contributed by atoms with Crippen LogP contribution in [0.25, 0.3) is 11.7 Å². The van der Waals surface area contributed by atoms with E-state index in [0.29, 0.717) is 35.4 Å². The van der Waals surface area contributed by atoms with E-state index in [2.05, 4.69) is 4.98 Å². The third-order valence-electron chi connectivity index (χ3n) is 5.60. The SMILES string of the molecule is Cc1oc(-c2ccco2)nc1CC(=O)N1C(C(=O)O)CC2CCCCC21. The Labute approximate surface area is 151 Å². The maximum Gasteiger partial charge on any atom is 0.326 e. The van der Waals surface area contributed by atoms with Crippen molar-refractivity contribution in [3.63, 3.8) is 0 Å². The molecule has 3 atom stereocenters. The number of carboxylic acid groups (broad SMARTS) is 1. The summed E-state index contributed by atoms with van der Waals surface area (Å²) in [6, 6.07) is 2.79. The quantitative estimate of drug-likeness (QED) is 0.902. The van der Waals surface area contributed by atoms with Gasteiger partial charge in [-0.3, -0.25) is 4.79 Å². The van der Waals surface area contributed by atoms with Gasteiger partial charge in [0.25, 0.3) is 5.89 Å². The van der Waals surface area contributed by atoms with Gasteiger partial charge in [0.1, 0.15) is 11.8 Å². The molecule has 4 rings (SSSR count). The highest BCUT2D eigenvalue weighted by molar-refractivity contribution is 5.86. The molecule has 3 heterocycles. The van der Waals surface area contributed by atoms with Gasteiger partial charge in [0.05, 0.1) is 18.4 Å². The first-order valence-electron chi connectivity index (χ1n) is 9.08. The van der Waals surface area contributed by atoms with Gasteiger partial charge in [0, 0.05) is 6.04 Å². The summed E-state index contributed by atoms with van der Waals surface area (Å²) < 4.78 is 10.9. The van der Waals surface area contributed by atoms with Crippen LogP contribution in [0.1, 0.15) is 43.6 Å². The minimum Gasteiger partial charge on any atom is -0.480 e. The Morgan fingerprint density at radius 2 is 2.15 bits per heavy atom. The number of nitrogens with zero attached hydrogens (tertiary/aromatic N) is 2. The zero-order chi connectivity index (χ0) is 18.3. The molecule has 0 aromatic carbocycles. The zero-order valence-corrected chi connectivity index (χ0v) is 14.7. The molecule has 26 heavy (non-hydrogen) atoms. The van der Waals surface area contributed by atoms with Crippen molar-refractivity contribution in [2.24, 2.45) is 5.92 Å². The molecule has 1 saturated heterocycles. The summed E-state index contributed by atoms with van der Waals surface area (Å²) in [6.45, 7) is 1.75. The molecule has 1 saturated carbocycles. The predicted molar refractivity (Wildman–Crippen MR) is 91.3 cm³/mol.